The van der Waals surface area contributed by atoms with Gasteiger partial charge in [-0.2, -0.15) is 0 Å². The molecular weight excluding hydrogens is 290 g/mol. The lowest BCUT2D eigenvalue weighted by atomic mass is 9.96. The minimum absolute atomic E-state index is 0.297. The molecule has 6 atom stereocenters. The lowest BCUT2D eigenvalue weighted by Crippen LogP contribution is -2.64. The van der Waals surface area contributed by atoms with Gasteiger partial charge in [-0.05, 0) is 12.1 Å². The molecule has 1 aromatic carbocycles. The van der Waals surface area contributed by atoms with Crippen molar-refractivity contribution in [1.29, 1.82) is 0 Å². The third-order valence-electron chi connectivity index (χ3n) is 4.03. The second-order valence-corrected chi connectivity index (χ2v) is 5.39. The summed E-state index contributed by atoms with van der Waals surface area (Å²) in [6.45, 7) is 0.297. The Balaban J connectivity index is 1.72. The number of fused-ring (bicyclic) bond motifs is 1. The van der Waals surface area contributed by atoms with Gasteiger partial charge in [0.1, 0.15) is 24.1 Å². The maximum atomic E-state index is 10.3. The fraction of sp³-hybridized carbons (Fsp3) is 0.600. The van der Waals surface area contributed by atoms with Crippen LogP contribution in [0.1, 0.15) is 11.9 Å². The molecular formula is C15H21NO6. The molecule has 0 bridgehead atoms. The molecule has 7 heteroatoms. The number of nitrogens with two attached hydrogens (primary N) is 1. The van der Waals surface area contributed by atoms with Crippen LogP contribution in [0.3, 0.4) is 0 Å². The number of ether oxygens (including phenoxy) is 5. The van der Waals surface area contributed by atoms with Crippen molar-refractivity contribution >= 4 is 0 Å². The van der Waals surface area contributed by atoms with E-state index in [0.717, 1.165) is 11.3 Å². The van der Waals surface area contributed by atoms with Crippen molar-refractivity contribution in [2.24, 2.45) is 5.73 Å². The van der Waals surface area contributed by atoms with E-state index in [1.54, 1.807) is 7.11 Å². The normalized spacial score (nSPS) is 38.4. The number of aliphatic hydroxyl groups is 1. The summed E-state index contributed by atoms with van der Waals surface area (Å²) in [5.74, 6) is 0.753. The van der Waals surface area contributed by atoms with Crippen molar-refractivity contribution in [1.82, 2.24) is 0 Å². The summed E-state index contributed by atoms with van der Waals surface area (Å²) in [5.41, 5.74) is 6.77. The van der Waals surface area contributed by atoms with Crippen molar-refractivity contribution in [2.75, 3.05) is 20.8 Å². The first kappa shape index (κ1) is 15.7. The lowest BCUT2D eigenvalue weighted by Gasteiger charge is -2.46. The Morgan fingerprint density at radius 2 is 1.91 bits per heavy atom. The van der Waals surface area contributed by atoms with Crippen LogP contribution in [-0.4, -0.2) is 56.6 Å². The number of aliphatic hydroxyl groups excluding tert-OH is 1. The number of benzene rings is 1. The third-order valence-corrected chi connectivity index (χ3v) is 4.03. The lowest BCUT2D eigenvalue weighted by molar-refractivity contribution is -0.339. The molecule has 22 heavy (non-hydrogen) atoms. The predicted octanol–water partition coefficient (Wildman–Crippen LogP) is 0.169. The summed E-state index contributed by atoms with van der Waals surface area (Å²) in [4.78, 5) is 0. The summed E-state index contributed by atoms with van der Waals surface area (Å²) < 4.78 is 27.5. The molecule has 0 spiro atoms. The highest BCUT2D eigenvalue weighted by molar-refractivity contribution is 5.28. The number of hydrogen-bond acceptors (Lipinski definition) is 7. The summed E-state index contributed by atoms with van der Waals surface area (Å²) in [6, 6.07) is 6.71. The van der Waals surface area contributed by atoms with Gasteiger partial charge < -0.3 is 34.5 Å². The second kappa shape index (κ2) is 6.49. The maximum Gasteiger partial charge on any atom is 0.184 e. The van der Waals surface area contributed by atoms with Gasteiger partial charge in [0, 0.05) is 12.7 Å². The summed E-state index contributed by atoms with van der Waals surface area (Å²) in [6.07, 6.45) is -3.08. The van der Waals surface area contributed by atoms with Gasteiger partial charge in [0.25, 0.3) is 0 Å². The van der Waals surface area contributed by atoms with Crippen LogP contribution in [0.4, 0.5) is 0 Å². The smallest absolute Gasteiger partial charge is 0.184 e. The van der Waals surface area contributed by atoms with E-state index in [9.17, 15) is 5.11 Å². The molecule has 2 aliphatic heterocycles. The third kappa shape index (κ3) is 2.83. The minimum atomic E-state index is -0.881. The second-order valence-electron chi connectivity index (χ2n) is 5.39. The van der Waals surface area contributed by atoms with Crippen LogP contribution in [0.25, 0.3) is 0 Å². The molecule has 1 unspecified atom stereocenters. The largest absolute Gasteiger partial charge is 0.497 e. The van der Waals surface area contributed by atoms with Gasteiger partial charge in [0.15, 0.2) is 12.6 Å². The number of rotatable bonds is 3. The van der Waals surface area contributed by atoms with Gasteiger partial charge in [-0.25, -0.2) is 0 Å². The highest BCUT2D eigenvalue weighted by Crippen LogP contribution is 2.34. The predicted molar refractivity (Wildman–Crippen MR) is 76.2 cm³/mol. The quantitative estimate of drug-likeness (QED) is 0.822. The topological polar surface area (TPSA) is 92.4 Å². The molecule has 2 saturated heterocycles. The molecule has 2 aliphatic rings. The molecule has 7 nitrogen and oxygen atoms in total. The van der Waals surface area contributed by atoms with Gasteiger partial charge >= 0.3 is 0 Å². The molecule has 1 aromatic rings. The molecule has 2 heterocycles. The monoisotopic (exact) mass is 311 g/mol. The Labute approximate surface area is 128 Å². The van der Waals surface area contributed by atoms with E-state index >= 15 is 0 Å². The highest BCUT2D eigenvalue weighted by Gasteiger charge is 2.48. The molecule has 122 valence electrons. The minimum Gasteiger partial charge on any atom is -0.497 e. The van der Waals surface area contributed by atoms with Gasteiger partial charge in [-0.15, -0.1) is 0 Å². The van der Waals surface area contributed by atoms with E-state index in [1.807, 2.05) is 24.3 Å². The molecule has 0 radical (unpaired) electrons. The zero-order chi connectivity index (χ0) is 15.7. The maximum absolute atomic E-state index is 10.3. The number of methoxy groups -OCH3 is 2. The Hall–Kier alpha value is -1.22. The van der Waals surface area contributed by atoms with E-state index < -0.39 is 36.9 Å². The van der Waals surface area contributed by atoms with E-state index in [1.165, 1.54) is 7.11 Å². The summed E-state index contributed by atoms with van der Waals surface area (Å²) in [7, 11) is 3.10. The van der Waals surface area contributed by atoms with Crippen molar-refractivity contribution in [3.05, 3.63) is 29.8 Å². The SMILES string of the molecule is COc1ccc(C2OC[C@H]3O[C@H](OC)[C@H](N)[C@@H](O)[C@@H]3O2)cc1. The molecule has 0 saturated carbocycles. The highest BCUT2D eigenvalue weighted by atomic mass is 16.7. The Morgan fingerprint density at radius 3 is 2.55 bits per heavy atom. The Morgan fingerprint density at radius 1 is 1.18 bits per heavy atom. The van der Waals surface area contributed by atoms with Crippen LogP contribution in [-0.2, 0) is 18.9 Å². The molecule has 2 fully saturated rings. The van der Waals surface area contributed by atoms with Crippen molar-refractivity contribution in [2.45, 2.75) is 36.9 Å². The van der Waals surface area contributed by atoms with E-state index in [0.29, 0.717) is 6.61 Å². The van der Waals surface area contributed by atoms with E-state index in [-0.39, 0.29) is 0 Å². The molecule has 0 aromatic heterocycles. The van der Waals surface area contributed by atoms with Crippen LogP contribution in [0.15, 0.2) is 24.3 Å². The van der Waals surface area contributed by atoms with Gasteiger partial charge in [0.05, 0.1) is 19.8 Å². The van der Waals surface area contributed by atoms with Crippen LogP contribution < -0.4 is 10.5 Å². The molecule has 3 N–H and O–H groups in total. The fourth-order valence-electron chi connectivity index (χ4n) is 2.76. The van der Waals surface area contributed by atoms with Crippen LogP contribution in [0, 0.1) is 0 Å². The Kier molecular flexibility index (Phi) is 4.62. The van der Waals surface area contributed by atoms with Crippen molar-refractivity contribution in [3.8, 4) is 5.75 Å². The number of hydrogen-bond donors (Lipinski definition) is 2. The fourth-order valence-corrected chi connectivity index (χ4v) is 2.76. The van der Waals surface area contributed by atoms with Gasteiger partial charge in [-0.1, -0.05) is 12.1 Å². The van der Waals surface area contributed by atoms with Gasteiger partial charge in [0.2, 0.25) is 0 Å². The summed E-state index contributed by atoms with van der Waals surface area (Å²) in [5, 5.41) is 10.3. The zero-order valence-electron chi connectivity index (χ0n) is 12.5. The van der Waals surface area contributed by atoms with Crippen LogP contribution in [0.5, 0.6) is 5.75 Å². The van der Waals surface area contributed by atoms with Crippen LogP contribution >= 0.6 is 0 Å². The average Bonchev–Trinajstić information content (AvgIpc) is 2.58. The van der Waals surface area contributed by atoms with E-state index in [4.69, 9.17) is 29.4 Å². The Bertz CT molecular complexity index is 493. The van der Waals surface area contributed by atoms with Crippen molar-refractivity contribution in [3.63, 3.8) is 0 Å². The molecule has 0 aliphatic carbocycles. The first-order valence-corrected chi connectivity index (χ1v) is 7.17. The van der Waals surface area contributed by atoms with Crippen molar-refractivity contribution < 1.29 is 28.8 Å². The molecule has 0 amide bonds. The molecule has 3 rings (SSSR count). The standard InChI is InChI=1S/C15H21NO6/c1-18-9-5-3-8(4-6-9)14-20-7-10-13(22-14)12(17)11(16)15(19-2)21-10/h3-6,10-15,17H,7,16H2,1-2H3/t10-,11-,12-,13-,14?,15+/m1/s1. The van der Waals surface area contributed by atoms with Gasteiger partial charge in [-0.3, -0.25) is 0 Å². The van der Waals surface area contributed by atoms with E-state index in [2.05, 4.69) is 0 Å². The average molecular weight is 311 g/mol. The zero-order valence-corrected chi connectivity index (χ0v) is 12.5. The van der Waals surface area contributed by atoms with Crippen LogP contribution in [0.2, 0.25) is 0 Å². The first-order valence-electron chi connectivity index (χ1n) is 7.17. The summed E-state index contributed by atoms with van der Waals surface area (Å²) >= 11 is 0. The first-order chi connectivity index (χ1) is 10.6.